The molecule has 0 radical (unpaired) electrons. The first kappa shape index (κ1) is 16.6. The number of nitrogens with zero attached hydrogens (tertiary/aromatic N) is 1. The predicted molar refractivity (Wildman–Crippen MR) is 92.7 cm³/mol. The fourth-order valence-electron chi connectivity index (χ4n) is 2.94. The Hall–Kier alpha value is -1.24. The van der Waals surface area contributed by atoms with Crippen molar-refractivity contribution in [3.05, 3.63) is 34.9 Å². The normalized spacial score (nSPS) is 24.0. The van der Waals surface area contributed by atoms with Crippen molar-refractivity contribution in [3.8, 4) is 0 Å². The van der Waals surface area contributed by atoms with Gasteiger partial charge >= 0.3 is 0 Å². The second-order valence-corrected chi connectivity index (χ2v) is 7.37. The second kappa shape index (κ2) is 7.55. The Kier molecular flexibility index (Phi) is 5.46. The van der Waals surface area contributed by atoms with E-state index in [9.17, 15) is 9.59 Å². The number of rotatable bonds is 4. The van der Waals surface area contributed by atoms with Crippen molar-refractivity contribution >= 4 is 35.2 Å². The van der Waals surface area contributed by atoms with Crippen LogP contribution in [-0.4, -0.2) is 54.0 Å². The van der Waals surface area contributed by atoms with Crippen LogP contribution in [-0.2, 0) is 4.79 Å². The van der Waals surface area contributed by atoms with E-state index in [0.29, 0.717) is 17.1 Å². The molecular formula is C16H20ClN3O2S. The van der Waals surface area contributed by atoms with Gasteiger partial charge in [0.15, 0.2) is 0 Å². The summed E-state index contributed by atoms with van der Waals surface area (Å²) in [6, 6.07) is 6.89. The Labute approximate surface area is 145 Å². The van der Waals surface area contributed by atoms with Gasteiger partial charge in [0.05, 0.1) is 22.5 Å². The third kappa shape index (κ3) is 4.00. The van der Waals surface area contributed by atoms with Gasteiger partial charge in [-0.05, 0) is 24.5 Å². The highest BCUT2D eigenvalue weighted by atomic mass is 35.5. The van der Waals surface area contributed by atoms with E-state index in [0.717, 1.165) is 31.1 Å². The van der Waals surface area contributed by atoms with Crippen molar-refractivity contribution in [2.75, 3.05) is 31.3 Å². The summed E-state index contributed by atoms with van der Waals surface area (Å²) < 4.78 is 0. The first-order chi connectivity index (χ1) is 11.1. The van der Waals surface area contributed by atoms with Crippen LogP contribution in [0.5, 0.6) is 0 Å². The van der Waals surface area contributed by atoms with E-state index < -0.39 is 0 Å². The lowest BCUT2D eigenvalue weighted by Crippen LogP contribution is -2.42. The molecule has 5 nitrogen and oxygen atoms in total. The molecule has 2 saturated heterocycles. The molecule has 2 aliphatic rings. The zero-order chi connectivity index (χ0) is 16.2. The van der Waals surface area contributed by atoms with Crippen molar-refractivity contribution in [3.63, 3.8) is 0 Å². The van der Waals surface area contributed by atoms with E-state index in [-0.39, 0.29) is 23.8 Å². The Morgan fingerprint density at radius 1 is 1.39 bits per heavy atom. The molecule has 2 aliphatic heterocycles. The molecule has 2 amide bonds. The van der Waals surface area contributed by atoms with E-state index in [1.165, 1.54) is 0 Å². The van der Waals surface area contributed by atoms with Crippen LogP contribution in [0.15, 0.2) is 24.3 Å². The van der Waals surface area contributed by atoms with E-state index in [4.69, 9.17) is 11.6 Å². The largest absolute Gasteiger partial charge is 0.352 e. The number of amides is 2. The number of benzene rings is 1. The van der Waals surface area contributed by atoms with Crippen LogP contribution >= 0.6 is 23.4 Å². The Morgan fingerprint density at radius 2 is 2.22 bits per heavy atom. The predicted octanol–water partition coefficient (Wildman–Crippen LogP) is 1.58. The van der Waals surface area contributed by atoms with Gasteiger partial charge in [0.2, 0.25) is 5.91 Å². The van der Waals surface area contributed by atoms with Gasteiger partial charge in [-0.15, -0.1) is 11.8 Å². The lowest BCUT2D eigenvalue weighted by Gasteiger charge is -2.19. The number of thioether (sulfide) groups is 1. The number of hydrogen-bond acceptors (Lipinski definition) is 4. The second-order valence-electron chi connectivity index (χ2n) is 5.89. The summed E-state index contributed by atoms with van der Waals surface area (Å²) in [5, 5.41) is 6.65. The van der Waals surface area contributed by atoms with Gasteiger partial charge < -0.3 is 15.5 Å². The van der Waals surface area contributed by atoms with Gasteiger partial charge in [0.25, 0.3) is 5.91 Å². The molecule has 23 heavy (non-hydrogen) atoms. The highest BCUT2D eigenvalue weighted by Gasteiger charge is 2.33. The monoisotopic (exact) mass is 353 g/mol. The van der Waals surface area contributed by atoms with Gasteiger partial charge in [-0.1, -0.05) is 23.7 Å². The lowest BCUT2D eigenvalue weighted by molar-refractivity contribution is -0.131. The number of halogens is 1. The molecule has 2 N–H and O–H groups in total. The molecule has 0 aromatic heterocycles. The van der Waals surface area contributed by atoms with Crippen LogP contribution in [0.2, 0.25) is 5.02 Å². The minimum Gasteiger partial charge on any atom is -0.352 e. The summed E-state index contributed by atoms with van der Waals surface area (Å²) in [7, 11) is 0. The molecule has 0 spiro atoms. The number of nitrogens with one attached hydrogen (secondary N) is 2. The average Bonchev–Trinajstić information content (AvgIpc) is 3.24. The van der Waals surface area contributed by atoms with Gasteiger partial charge in [0, 0.05) is 25.4 Å². The SMILES string of the molecule is O=C(NC[C@@H]1CN[C@H](C(=O)N2CCSC2)C1)c1ccccc1Cl. The molecule has 2 heterocycles. The molecule has 0 aliphatic carbocycles. The van der Waals surface area contributed by atoms with Crippen molar-refractivity contribution in [1.29, 1.82) is 0 Å². The molecule has 2 atom stereocenters. The first-order valence-corrected chi connectivity index (χ1v) is 9.31. The molecular weight excluding hydrogens is 334 g/mol. The van der Waals surface area contributed by atoms with Gasteiger partial charge in [-0.2, -0.15) is 0 Å². The smallest absolute Gasteiger partial charge is 0.252 e. The van der Waals surface area contributed by atoms with Gasteiger partial charge in [0.1, 0.15) is 0 Å². The minimum absolute atomic E-state index is 0.115. The number of carbonyl (C=O) groups excluding carboxylic acids is 2. The summed E-state index contributed by atoms with van der Waals surface area (Å²) in [6.45, 7) is 2.14. The standard InChI is InChI=1S/C16H20ClN3O2S/c17-13-4-2-1-3-12(13)15(21)19-9-11-7-14(18-8-11)16(22)20-5-6-23-10-20/h1-4,11,14,18H,5-10H2,(H,19,21)/t11-,14-/m0/s1. The number of hydrogen-bond donors (Lipinski definition) is 2. The van der Waals surface area contributed by atoms with Crippen molar-refractivity contribution in [1.82, 2.24) is 15.5 Å². The van der Waals surface area contributed by atoms with E-state index in [1.54, 1.807) is 36.0 Å². The summed E-state index contributed by atoms with van der Waals surface area (Å²) in [5.74, 6) is 2.11. The molecule has 0 bridgehead atoms. The van der Waals surface area contributed by atoms with Crippen LogP contribution < -0.4 is 10.6 Å². The van der Waals surface area contributed by atoms with Crippen LogP contribution in [0, 0.1) is 5.92 Å². The highest BCUT2D eigenvalue weighted by molar-refractivity contribution is 7.99. The topological polar surface area (TPSA) is 61.4 Å². The fraction of sp³-hybridized carbons (Fsp3) is 0.500. The third-order valence-corrected chi connectivity index (χ3v) is 5.55. The zero-order valence-electron chi connectivity index (χ0n) is 12.8. The molecule has 3 rings (SSSR count). The molecule has 0 saturated carbocycles. The van der Waals surface area contributed by atoms with Gasteiger partial charge in [-0.25, -0.2) is 0 Å². The van der Waals surface area contributed by atoms with E-state index in [2.05, 4.69) is 10.6 Å². The van der Waals surface area contributed by atoms with E-state index in [1.807, 2.05) is 4.90 Å². The van der Waals surface area contributed by atoms with Crippen molar-refractivity contribution < 1.29 is 9.59 Å². The molecule has 1 aromatic carbocycles. The molecule has 0 unspecified atom stereocenters. The maximum Gasteiger partial charge on any atom is 0.252 e. The molecule has 1 aromatic rings. The maximum atomic E-state index is 12.3. The Morgan fingerprint density at radius 3 is 2.96 bits per heavy atom. The summed E-state index contributed by atoms with van der Waals surface area (Å²) in [6.07, 6.45) is 0.767. The lowest BCUT2D eigenvalue weighted by atomic mass is 10.0. The first-order valence-electron chi connectivity index (χ1n) is 7.78. The third-order valence-electron chi connectivity index (χ3n) is 4.25. The van der Waals surface area contributed by atoms with Crippen molar-refractivity contribution in [2.24, 2.45) is 5.92 Å². The summed E-state index contributed by atoms with van der Waals surface area (Å²) >= 11 is 7.82. The summed E-state index contributed by atoms with van der Waals surface area (Å²) in [5.41, 5.74) is 0.488. The zero-order valence-corrected chi connectivity index (χ0v) is 14.3. The Bertz CT molecular complexity index is 592. The number of carbonyl (C=O) groups is 2. The molecule has 7 heteroatoms. The molecule has 124 valence electrons. The van der Waals surface area contributed by atoms with Gasteiger partial charge in [-0.3, -0.25) is 9.59 Å². The van der Waals surface area contributed by atoms with E-state index >= 15 is 0 Å². The van der Waals surface area contributed by atoms with Crippen LogP contribution in [0.3, 0.4) is 0 Å². The van der Waals surface area contributed by atoms with Crippen molar-refractivity contribution in [2.45, 2.75) is 12.5 Å². The quantitative estimate of drug-likeness (QED) is 0.862. The van der Waals surface area contributed by atoms with Crippen LogP contribution in [0.25, 0.3) is 0 Å². The molecule has 2 fully saturated rings. The van der Waals surface area contributed by atoms with Crippen LogP contribution in [0.1, 0.15) is 16.8 Å². The summed E-state index contributed by atoms with van der Waals surface area (Å²) in [4.78, 5) is 26.4. The minimum atomic E-state index is -0.165. The highest BCUT2D eigenvalue weighted by Crippen LogP contribution is 2.20. The van der Waals surface area contributed by atoms with Crippen LogP contribution in [0.4, 0.5) is 0 Å². The Balaban J connectivity index is 1.47. The average molecular weight is 354 g/mol. The fourth-order valence-corrected chi connectivity index (χ4v) is 4.12. The maximum absolute atomic E-state index is 12.3.